The third kappa shape index (κ3) is 6.13. The molecule has 0 radical (unpaired) electrons. The summed E-state index contributed by atoms with van der Waals surface area (Å²) < 4.78 is 33.4. The molecule has 0 aliphatic carbocycles. The summed E-state index contributed by atoms with van der Waals surface area (Å²) in [5, 5.41) is 2.92. The monoisotopic (exact) mass is 404 g/mol. The molecular weight excluding hydrogens is 372 g/mol. The molecule has 0 aromatic heterocycles. The summed E-state index contributed by atoms with van der Waals surface area (Å²) in [6, 6.07) is 0. The number of methoxy groups -OCH3 is 1. The van der Waals surface area contributed by atoms with Crippen molar-refractivity contribution in [3.05, 3.63) is 0 Å². The van der Waals surface area contributed by atoms with Crippen molar-refractivity contribution in [2.45, 2.75) is 39.2 Å². The van der Waals surface area contributed by atoms with Gasteiger partial charge in [0.15, 0.2) is 0 Å². The van der Waals surface area contributed by atoms with Gasteiger partial charge in [-0.1, -0.05) is 0 Å². The van der Waals surface area contributed by atoms with Gasteiger partial charge in [-0.2, -0.15) is 17.0 Å². The topological polar surface area (TPSA) is 99.3 Å². The Morgan fingerprint density at radius 3 is 2.00 bits per heavy atom. The molecule has 0 spiro atoms. The van der Waals surface area contributed by atoms with Crippen LogP contribution < -0.4 is 5.32 Å². The average molecular weight is 405 g/mol. The largest absolute Gasteiger partial charge is 0.469 e. The van der Waals surface area contributed by atoms with Gasteiger partial charge in [0.05, 0.1) is 19.6 Å². The maximum Gasteiger partial charge on any atom is 0.308 e. The highest BCUT2D eigenvalue weighted by Crippen LogP contribution is 2.23. The smallest absolute Gasteiger partial charge is 0.308 e. The van der Waals surface area contributed by atoms with E-state index in [1.807, 2.05) is 25.7 Å². The Morgan fingerprint density at radius 2 is 1.52 bits per heavy atom. The van der Waals surface area contributed by atoms with Crippen LogP contribution in [0.15, 0.2) is 0 Å². The Morgan fingerprint density at radius 1 is 1.00 bits per heavy atom. The highest BCUT2D eigenvalue weighted by Gasteiger charge is 2.36. The summed E-state index contributed by atoms with van der Waals surface area (Å²) in [5.41, 5.74) is -0.279. The Kier molecular flexibility index (Phi) is 7.23. The van der Waals surface area contributed by atoms with E-state index in [2.05, 4.69) is 5.32 Å². The fourth-order valence-electron chi connectivity index (χ4n) is 3.43. The first-order valence-corrected chi connectivity index (χ1v) is 10.8. The van der Waals surface area contributed by atoms with Crippen molar-refractivity contribution in [1.29, 1.82) is 0 Å². The number of nitrogens with zero attached hydrogens (tertiary/aromatic N) is 3. The van der Waals surface area contributed by atoms with Gasteiger partial charge >= 0.3 is 5.97 Å². The van der Waals surface area contributed by atoms with Gasteiger partial charge in [0.25, 0.3) is 10.2 Å². The normalized spacial score (nSPS) is 21.8. The quantitative estimate of drug-likeness (QED) is 0.629. The van der Waals surface area contributed by atoms with Gasteiger partial charge in [0.1, 0.15) is 0 Å². The van der Waals surface area contributed by atoms with Gasteiger partial charge in [-0.3, -0.25) is 14.5 Å². The van der Waals surface area contributed by atoms with E-state index in [0.717, 1.165) is 0 Å². The van der Waals surface area contributed by atoms with Gasteiger partial charge in [0.2, 0.25) is 5.91 Å². The van der Waals surface area contributed by atoms with E-state index in [4.69, 9.17) is 4.74 Å². The first-order valence-electron chi connectivity index (χ1n) is 9.39. The van der Waals surface area contributed by atoms with Crippen LogP contribution in [0.3, 0.4) is 0 Å². The highest BCUT2D eigenvalue weighted by atomic mass is 32.2. The van der Waals surface area contributed by atoms with Crippen LogP contribution in [-0.2, 0) is 24.5 Å². The number of hydrogen-bond acceptors (Lipinski definition) is 6. The Hall–Kier alpha value is -1.23. The summed E-state index contributed by atoms with van der Waals surface area (Å²) in [5.74, 6) is -0.544. The second-order valence-corrected chi connectivity index (χ2v) is 10.1. The fourth-order valence-corrected chi connectivity index (χ4v) is 5.06. The standard InChI is InChI=1S/C17H32N4O5S/c1-17(2,3)18-15(22)13-19-9-11-21(12-10-19)27(24,25)20-7-5-14(6-8-20)16(23)26-4/h14H,5-13H2,1-4H3,(H,18,22). The van der Waals surface area contributed by atoms with Crippen molar-refractivity contribution in [3.8, 4) is 0 Å². The second-order valence-electron chi connectivity index (χ2n) is 8.18. The van der Waals surface area contributed by atoms with E-state index >= 15 is 0 Å². The number of carbonyl (C=O) groups excluding carboxylic acids is 2. The van der Waals surface area contributed by atoms with E-state index in [0.29, 0.717) is 52.1 Å². The van der Waals surface area contributed by atoms with Crippen molar-refractivity contribution >= 4 is 22.1 Å². The maximum absolute atomic E-state index is 12.8. The first kappa shape index (κ1) is 22.1. The number of rotatable bonds is 5. The third-order valence-corrected chi connectivity index (χ3v) is 6.89. The van der Waals surface area contributed by atoms with Crippen molar-refractivity contribution in [2.24, 2.45) is 5.92 Å². The second kappa shape index (κ2) is 8.85. The summed E-state index contributed by atoms with van der Waals surface area (Å²) in [6.07, 6.45) is 0.970. The van der Waals surface area contributed by atoms with E-state index in [-0.39, 0.29) is 29.9 Å². The Labute approximate surface area is 162 Å². The average Bonchev–Trinajstić information content (AvgIpc) is 2.60. The molecule has 156 valence electrons. The molecule has 2 aliphatic heterocycles. The van der Waals surface area contributed by atoms with E-state index in [1.54, 1.807) is 0 Å². The molecule has 2 heterocycles. The molecule has 1 N–H and O–H groups in total. The van der Waals surface area contributed by atoms with Crippen molar-refractivity contribution in [1.82, 2.24) is 18.8 Å². The minimum atomic E-state index is -3.53. The molecule has 2 fully saturated rings. The van der Waals surface area contributed by atoms with Crippen molar-refractivity contribution in [2.75, 3.05) is 52.9 Å². The molecule has 0 saturated carbocycles. The van der Waals surface area contributed by atoms with Crippen LogP contribution in [0.5, 0.6) is 0 Å². The molecule has 0 aromatic carbocycles. The molecule has 9 nitrogen and oxygen atoms in total. The van der Waals surface area contributed by atoms with Gasteiger partial charge < -0.3 is 10.1 Å². The van der Waals surface area contributed by atoms with Crippen LogP contribution in [0.25, 0.3) is 0 Å². The molecular formula is C17H32N4O5S. The van der Waals surface area contributed by atoms with Gasteiger partial charge in [-0.25, -0.2) is 0 Å². The molecule has 0 bridgehead atoms. The number of esters is 1. The molecule has 27 heavy (non-hydrogen) atoms. The summed E-state index contributed by atoms with van der Waals surface area (Å²) >= 11 is 0. The number of nitrogens with one attached hydrogen (secondary N) is 1. The number of amides is 1. The van der Waals surface area contributed by atoms with E-state index in [1.165, 1.54) is 15.7 Å². The van der Waals surface area contributed by atoms with Crippen LogP contribution in [0.2, 0.25) is 0 Å². The van der Waals surface area contributed by atoms with Crippen molar-refractivity contribution < 1.29 is 22.7 Å². The number of piperazine rings is 1. The number of piperidine rings is 1. The predicted octanol–water partition coefficient (Wildman–Crippen LogP) is -0.351. The predicted molar refractivity (Wildman–Crippen MR) is 101 cm³/mol. The molecule has 2 rings (SSSR count). The molecule has 0 atom stereocenters. The first-order chi connectivity index (χ1) is 12.5. The zero-order valence-corrected chi connectivity index (χ0v) is 17.5. The summed E-state index contributed by atoms with van der Waals surface area (Å²) in [4.78, 5) is 25.6. The molecule has 2 saturated heterocycles. The van der Waals surface area contributed by atoms with Crippen LogP contribution in [-0.4, -0.2) is 92.3 Å². The lowest BCUT2D eigenvalue weighted by molar-refractivity contribution is -0.146. The van der Waals surface area contributed by atoms with Crippen LogP contribution in [0.4, 0.5) is 0 Å². The highest BCUT2D eigenvalue weighted by molar-refractivity contribution is 7.86. The SMILES string of the molecule is COC(=O)C1CCN(S(=O)(=O)N2CCN(CC(=O)NC(C)(C)C)CC2)CC1. The van der Waals surface area contributed by atoms with Crippen LogP contribution >= 0.6 is 0 Å². The van der Waals surface area contributed by atoms with E-state index in [9.17, 15) is 18.0 Å². The number of carbonyl (C=O) groups is 2. The molecule has 10 heteroatoms. The Bertz CT molecular complexity index is 630. The van der Waals surface area contributed by atoms with Crippen molar-refractivity contribution in [3.63, 3.8) is 0 Å². The lowest BCUT2D eigenvalue weighted by Crippen LogP contribution is -2.56. The lowest BCUT2D eigenvalue weighted by atomic mass is 9.99. The van der Waals surface area contributed by atoms with Gasteiger partial charge in [-0.05, 0) is 33.6 Å². The molecule has 1 amide bonds. The fraction of sp³-hybridized carbons (Fsp3) is 0.882. The summed E-state index contributed by atoms with van der Waals surface area (Å²) in [7, 11) is -2.18. The maximum atomic E-state index is 12.8. The molecule has 0 aromatic rings. The zero-order valence-electron chi connectivity index (χ0n) is 16.7. The minimum Gasteiger partial charge on any atom is -0.469 e. The number of hydrogen-bond donors (Lipinski definition) is 1. The van der Waals surface area contributed by atoms with Gasteiger partial charge in [-0.15, -0.1) is 0 Å². The summed E-state index contributed by atoms with van der Waals surface area (Å²) in [6.45, 7) is 8.49. The minimum absolute atomic E-state index is 0.0521. The zero-order chi connectivity index (χ0) is 20.2. The van der Waals surface area contributed by atoms with Gasteiger partial charge in [0, 0.05) is 44.8 Å². The van der Waals surface area contributed by atoms with Crippen LogP contribution in [0, 0.1) is 5.92 Å². The molecule has 0 unspecified atom stereocenters. The number of ether oxygens (including phenoxy) is 1. The van der Waals surface area contributed by atoms with Crippen LogP contribution in [0.1, 0.15) is 33.6 Å². The third-order valence-electron chi connectivity index (χ3n) is 4.85. The molecule has 2 aliphatic rings. The Balaban J connectivity index is 1.83. The lowest BCUT2D eigenvalue weighted by Gasteiger charge is -2.38. The van der Waals surface area contributed by atoms with E-state index < -0.39 is 10.2 Å².